The summed E-state index contributed by atoms with van der Waals surface area (Å²) < 4.78 is 0. The van der Waals surface area contributed by atoms with Crippen LogP contribution in [0.3, 0.4) is 0 Å². The molecule has 20 heavy (non-hydrogen) atoms. The van der Waals surface area contributed by atoms with Gasteiger partial charge in [-0.15, -0.1) is 0 Å². The van der Waals surface area contributed by atoms with Crippen molar-refractivity contribution in [1.29, 1.82) is 0 Å². The number of anilines is 1. The zero-order valence-electron chi connectivity index (χ0n) is 12.0. The number of amides is 1. The van der Waals surface area contributed by atoms with Crippen molar-refractivity contribution in [1.82, 2.24) is 5.32 Å². The summed E-state index contributed by atoms with van der Waals surface area (Å²) >= 11 is 6.17. The van der Waals surface area contributed by atoms with Crippen molar-refractivity contribution in [2.24, 2.45) is 5.92 Å². The molecule has 0 bridgehead atoms. The summed E-state index contributed by atoms with van der Waals surface area (Å²) in [4.78, 5) is 11.6. The highest BCUT2D eigenvalue weighted by Gasteiger charge is 2.13. The van der Waals surface area contributed by atoms with Crippen molar-refractivity contribution in [3.05, 3.63) is 28.8 Å². The standard InChI is InChI=1S/C16H23ClN2O/c1-18-16(20)13-7-8-14(17)15(11-13)19-10-9-12-5-3-2-4-6-12/h7-8,11-12,19H,2-6,9-10H2,1H3,(H,18,20). The number of nitrogens with one attached hydrogen (secondary N) is 2. The Labute approximate surface area is 126 Å². The first-order valence-corrected chi connectivity index (χ1v) is 7.84. The van der Waals surface area contributed by atoms with Gasteiger partial charge in [-0.2, -0.15) is 0 Å². The third-order valence-electron chi connectivity index (χ3n) is 4.05. The molecule has 4 heteroatoms. The van der Waals surface area contributed by atoms with Crippen LogP contribution in [-0.4, -0.2) is 19.5 Å². The largest absolute Gasteiger partial charge is 0.384 e. The average Bonchev–Trinajstić information content (AvgIpc) is 2.49. The van der Waals surface area contributed by atoms with Crippen LogP contribution in [0.2, 0.25) is 5.02 Å². The molecule has 0 aromatic heterocycles. The summed E-state index contributed by atoms with van der Waals surface area (Å²) in [6.45, 7) is 0.918. The first-order valence-electron chi connectivity index (χ1n) is 7.46. The third-order valence-corrected chi connectivity index (χ3v) is 4.38. The van der Waals surface area contributed by atoms with Crippen LogP contribution in [0.25, 0.3) is 0 Å². The van der Waals surface area contributed by atoms with Crippen LogP contribution in [0.15, 0.2) is 18.2 Å². The predicted octanol–water partition coefficient (Wildman–Crippen LogP) is 4.08. The summed E-state index contributed by atoms with van der Waals surface area (Å²) in [6, 6.07) is 5.34. The molecular formula is C16H23ClN2O. The zero-order valence-corrected chi connectivity index (χ0v) is 12.8. The Morgan fingerprint density at radius 1 is 1.30 bits per heavy atom. The summed E-state index contributed by atoms with van der Waals surface area (Å²) in [6.07, 6.45) is 8.03. The Morgan fingerprint density at radius 2 is 2.05 bits per heavy atom. The van der Waals surface area contributed by atoms with E-state index in [1.54, 1.807) is 19.2 Å². The minimum absolute atomic E-state index is 0.0861. The Bertz CT molecular complexity index is 456. The summed E-state index contributed by atoms with van der Waals surface area (Å²) in [5.74, 6) is 0.758. The number of hydrogen-bond donors (Lipinski definition) is 2. The first kappa shape index (κ1) is 15.2. The van der Waals surface area contributed by atoms with Crippen LogP contribution in [0.5, 0.6) is 0 Å². The molecule has 1 fully saturated rings. The minimum Gasteiger partial charge on any atom is -0.384 e. The maximum atomic E-state index is 11.6. The molecule has 0 heterocycles. The lowest BCUT2D eigenvalue weighted by Crippen LogP contribution is -2.18. The Morgan fingerprint density at radius 3 is 2.75 bits per heavy atom. The molecule has 0 radical (unpaired) electrons. The van der Waals surface area contributed by atoms with Gasteiger partial charge >= 0.3 is 0 Å². The molecule has 0 atom stereocenters. The fraction of sp³-hybridized carbons (Fsp3) is 0.562. The molecule has 1 aromatic carbocycles. The highest BCUT2D eigenvalue weighted by molar-refractivity contribution is 6.33. The quantitative estimate of drug-likeness (QED) is 0.859. The molecule has 1 aromatic rings. The van der Waals surface area contributed by atoms with Crippen LogP contribution < -0.4 is 10.6 Å². The Hall–Kier alpha value is -1.22. The lowest BCUT2D eigenvalue weighted by Gasteiger charge is -2.21. The van der Waals surface area contributed by atoms with Gasteiger partial charge < -0.3 is 10.6 Å². The first-order chi connectivity index (χ1) is 9.70. The van der Waals surface area contributed by atoms with Crippen molar-refractivity contribution in [2.45, 2.75) is 38.5 Å². The molecule has 1 aliphatic rings. The van der Waals surface area contributed by atoms with Gasteiger partial charge in [0.05, 0.1) is 10.7 Å². The third kappa shape index (κ3) is 4.14. The van der Waals surface area contributed by atoms with E-state index in [1.165, 1.54) is 38.5 Å². The molecule has 1 amide bonds. The molecule has 110 valence electrons. The fourth-order valence-corrected chi connectivity index (χ4v) is 3.02. The van der Waals surface area contributed by atoms with Crippen molar-refractivity contribution in [2.75, 3.05) is 18.9 Å². The van der Waals surface area contributed by atoms with E-state index in [1.807, 2.05) is 6.07 Å². The zero-order chi connectivity index (χ0) is 14.4. The van der Waals surface area contributed by atoms with Gasteiger partial charge in [-0.1, -0.05) is 43.7 Å². The average molecular weight is 295 g/mol. The van der Waals surface area contributed by atoms with Gasteiger partial charge in [0.2, 0.25) is 0 Å². The molecule has 0 saturated heterocycles. The smallest absolute Gasteiger partial charge is 0.251 e. The van der Waals surface area contributed by atoms with Crippen LogP contribution in [-0.2, 0) is 0 Å². The second kappa shape index (κ2) is 7.53. The summed E-state index contributed by atoms with van der Waals surface area (Å²) in [5.41, 5.74) is 1.49. The number of benzene rings is 1. The molecule has 0 aliphatic heterocycles. The van der Waals surface area contributed by atoms with Gasteiger partial charge in [-0.25, -0.2) is 0 Å². The van der Waals surface area contributed by atoms with Crippen molar-refractivity contribution in [3.8, 4) is 0 Å². The van der Waals surface area contributed by atoms with E-state index in [9.17, 15) is 4.79 Å². The van der Waals surface area contributed by atoms with Crippen LogP contribution in [0, 0.1) is 5.92 Å². The fourth-order valence-electron chi connectivity index (χ4n) is 2.83. The summed E-state index contributed by atoms with van der Waals surface area (Å²) in [7, 11) is 1.63. The lowest BCUT2D eigenvalue weighted by atomic mass is 9.87. The predicted molar refractivity (Wildman–Crippen MR) is 84.5 cm³/mol. The second-order valence-corrected chi connectivity index (χ2v) is 5.90. The highest BCUT2D eigenvalue weighted by Crippen LogP contribution is 2.27. The number of carbonyl (C=O) groups is 1. The summed E-state index contributed by atoms with van der Waals surface area (Å²) in [5, 5.41) is 6.66. The lowest BCUT2D eigenvalue weighted by molar-refractivity contribution is 0.0963. The van der Waals surface area contributed by atoms with Crippen molar-refractivity contribution < 1.29 is 4.79 Å². The molecule has 1 saturated carbocycles. The van der Waals surface area contributed by atoms with Crippen LogP contribution >= 0.6 is 11.6 Å². The van der Waals surface area contributed by atoms with Crippen molar-refractivity contribution >= 4 is 23.2 Å². The molecule has 0 spiro atoms. The van der Waals surface area contributed by atoms with Gasteiger partial charge in [0.1, 0.15) is 0 Å². The Kier molecular flexibility index (Phi) is 5.72. The second-order valence-electron chi connectivity index (χ2n) is 5.49. The van der Waals surface area contributed by atoms with Gasteiger partial charge in [0.25, 0.3) is 5.91 Å². The van der Waals surface area contributed by atoms with Crippen molar-refractivity contribution in [3.63, 3.8) is 0 Å². The number of halogens is 1. The maximum Gasteiger partial charge on any atom is 0.251 e. The minimum atomic E-state index is -0.0861. The van der Waals surface area contributed by atoms with E-state index in [-0.39, 0.29) is 5.91 Å². The van der Waals surface area contributed by atoms with E-state index in [4.69, 9.17) is 11.6 Å². The van der Waals surface area contributed by atoms with E-state index in [0.29, 0.717) is 10.6 Å². The van der Waals surface area contributed by atoms with Crippen LogP contribution in [0.1, 0.15) is 48.9 Å². The topological polar surface area (TPSA) is 41.1 Å². The van der Waals surface area contributed by atoms with E-state index >= 15 is 0 Å². The van der Waals surface area contributed by atoms with E-state index in [0.717, 1.165) is 18.2 Å². The monoisotopic (exact) mass is 294 g/mol. The SMILES string of the molecule is CNC(=O)c1ccc(Cl)c(NCCC2CCCCC2)c1. The molecule has 0 unspecified atom stereocenters. The van der Waals surface area contributed by atoms with E-state index in [2.05, 4.69) is 10.6 Å². The van der Waals surface area contributed by atoms with Gasteiger partial charge in [-0.05, 0) is 30.5 Å². The van der Waals surface area contributed by atoms with Gasteiger partial charge in [-0.3, -0.25) is 4.79 Å². The molecule has 2 N–H and O–H groups in total. The molecule has 1 aliphatic carbocycles. The number of hydrogen-bond acceptors (Lipinski definition) is 2. The molecule has 3 nitrogen and oxygen atoms in total. The number of carbonyl (C=O) groups excluding carboxylic acids is 1. The normalized spacial score (nSPS) is 15.9. The van der Waals surface area contributed by atoms with Crippen LogP contribution in [0.4, 0.5) is 5.69 Å². The highest BCUT2D eigenvalue weighted by atomic mass is 35.5. The molecule has 2 rings (SSSR count). The molecular weight excluding hydrogens is 272 g/mol. The number of rotatable bonds is 5. The van der Waals surface area contributed by atoms with Gasteiger partial charge in [0, 0.05) is 19.2 Å². The maximum absolute atomic E-state index is 11.6. The Balaban J connectivity index is 1.89. The van der Waals surface area contributed by atoms with E-state index < -0.39 is 0 Å². The van der Waals surface area contributed by atoms with Gasteiger partial charge in [0.15, 0.2) is 0 Å².